The molecule has 0 bridgehead atoms. The predicted molar refractivity (Wildman–Crippen MR) is 68.2 cm³/mol. The van der Waals surface area contributed by atoms with E-state index in [1.807, 2.05) is 24.3 Å². The van der Waals surface area contributed by atoms with Crippen molar-refractivity contribution in [2.75, 3.05) is 0 Å². The summed E-state index contributed by atoms with van der Waals surface area (Å²) >= 11 is 0. The van der Waals surface area contributed by atoms with Crippen LogP contribution in [0.4, 0.5) is 0 Å². The van der Waals surface area contributed by atoms with Crippen LogP contribution in [-0.4, -0.2) is 22.0 Å². The highest BCUT2D eigenvalue weighted by Gasteiger charge is 2.20. The number of carbonyl (C=O) groups is 1. The Labute approximate surface area is 106 Å². The number of aliphatic carboxylic acids is 1. The van der Waals surface area contributed by atoms with Crippen molar-refractivity contribution in [2.45, 2.75) is 38.0 Å². The van der Waals surface area contributed by atoms with Crippen LogP contribution in [0.25, 0.3) is 0 Å². The van der Waals surface area contributed by atoms with Crippen molar-refractivity contribution in [3.05, 3.63) is 35.4 Å². The first kappa shape index (κ1) is 12.6. The number of oxime groups is 1. The van der Waals surface area contributed by atoms with Gasteiger partial charge in [-0.25, -0.2) is 0 Å². The molecule has 18 heavy (non-hydrogen) atoms. The molecule has 1 saturated carbocycles. The van der Waals surface area contributed by atoms with Crippen LogP contribution in [0.2, 0.25) is 0 Å². The molecule has 1 aliphatic carbocycles. The zero-order valence-electron chi connectivity index (χ0n) is 10.2. The minimum Gasteiger partial charge on any atom is -0.481 e. The summed E-state index contributed by atoms with van der Waals surface area (Å²) in [5.41, 5.74) is 2.88. The summed E-state index contributed by atoms with van der Waals surface area (Å²) in [6.45, 7) is 0. The number of benzene rings is 1. The smallest absolute Gasteiger partial charge is 0.307 e. The Morgan fingerprint density at radius 1 is 1.33 bits per heavy atom. The fraction of sp³-hybridized carbons (Fsp3) is 0.429. The summed E-state index contributed by atoms with van der Waals surface area (Å²) in [7, 11) is 0. The molecule has 1 fully saturated rings. The van der Waals surface area contributed by atoms with Crippen molar-refractivity contribution in [2.24, 2.45) is 5.16 Å². The van der Waals surface area contributed by atoms with Gasteiger partial charge in [0.15, 0.2) is 0 Å². The average Bonchev–Trinajstić information content (AvgIpc) is 2.39. The molecule has 0 heterocycles. The second-order valence-corrected chi connectivity index (χ2v) is 4.77. The van der Waals surface area contributed by atoms with Crippen LogP contribution in [0.5, 0.6) is 0 Å². The van der Waals surface area contributed by atoms with Gasteiger partial charge in [-0.2, -0.15) is 0 Å². The van der Waals surface area contributed by atoms with Gasteiger partial charge in [-0.15, -0.1) is 0 Å². The van der Waals surface area contributed by atoms with E-state index in [4.69, 9.17) is 10.3 Å². The first-order valence-electron chi connectivity index (χ1n) is 6.19. The SMILES string of the molecule is O=C(O)Cc1ccc(C2CCCC(=NO)C2)cc1. The largest absolute Gasteiger partial charge is 0.481 e. The number of hydrogen-bond acceptors (Lipinski definition) is 3. The van der Waals surface area contributed by atoms with Crippen LogP contribution in [0, 0.1) is 0 Å². The van der Waals surface area contributed by atoms with Crippen LogP contribution in [0.15, 0.2) is 29.4 Å². The summed E-state index contributed by atoms with van der Waals surface area (Å²) in [5.74, 6) is -0.418. The van der Waals surface area contributed by atoms with Crippen LogP contribution in [0.3, 0.4) is 0 Å². The summed E-state index contributed by atoms with van der Waals surface area (Å²) in [6, 6.07) is 7.72. The molecule has 1 aromatic rings. The van der Waals surface area contributed by atoms with Gasteiger partial charge in [0, 0.05) is 0 Å². The van der Waals surface area contributed by atoms with Crippen molar-refractivity contribution in [3.8, 4) is 0 Å². The third kappa shape index (κ3) is 3.09. The van der Waals surface area contributed by atoms with E-state index >= 15 is 0 Å². The topological polar surface area (TPSA) is 69.9 Å². The quantitative estimate of drug-likeness (QED) is 0.637. The van der Waals surface area contributed by atoms with E-state index in [9.17, 15) is 4.79 Å². The Bertz CT molecular complexity index is 451. The van der Waals surface area contributed by atoms with Crippen LogP contribution in [-0.2, 0) is 11.2 Å². The minimum absolute atomic E-state index is 0.0638. The van der Waals surface area contributed by atoms with Crippen molar-refractivity contribution >= 4 is 11.7 Å². The van der Waals surface area contributed by atoms with E-state index in [1.165, 1.54) is 5.56 Å². The standard InChI is InChI=1S/C14H17NO3/c16-14(17)8-10-4-6-11(7-5-10)12-2-1-3-13(9-12)15-18/h4-7,12,18H,1-3,8-9H2,(H,16,17). The Morgan fingerprint density at radius 2 is 2.06 bits per heavy atom. The van der Waals surface area contributed by atoms with Gasteiger partial charge < -0.3 is 10.3 Å². The molecule has 96 valence electrons. The highest BCUT2D eigenvalue weighted by Crippen LogP contribution is 2.31. The second-order valence-electron chi connectivity index (χ2n) is 4.77. The van der Waals surface area contributed by atoms with Gasteiger partial charge in [0.05, 0.1) is 12.1 Å². The van der Waals surface area contributed by atoms with E-state index in [0.29, 0.717) is 5.92 Å². The fourth-order valence-corrected chi connectivity index (χ4v) is 2.50. The van der Waals surface area contributed by atoms with E-state index in [0.717, 1.165) is 37.0 Å². The summed E-state index contributed by atoms with van der Waals surface area (Å²) in [6.07, 6.45) is 3.88. The van der Waals surface area contributed by atoms with Gasteiger partial charge in [0.1, 0.15) is 0 Å². The van der Waals surface area contributed by atoms with E-state index < -0.39 is 5.97 Å². The third-order valence-corrected chi connectivity index (χ3v) is 3.45. The van der Waals surface area contributed by atoms with Crippen molar-refractivity contribution in [1.29, 1.82) is 0 Å². The predicted octanol–water partition coefficient (Wildman–Crippen LogP) is 2.80. The molecule has 1 atom stereocenters. The van der Waals surface area contributed by atoms with E-state index in [-0.39, 0.29) is 6.42 Å². The van der Waals surface area contributed by atoms with Gasteiger partial charge >= 0.3 is 5.97 Å². The Hall–Kier alpha value is -1.84. The lowest BCUT2D eigenvalue weighted by Crippen LogP contribution is -2.14. The fourth-order valence-electron chi connectivity index (χ4n) is 2.50. The maximum absolute atomic E-state index is 10.6. The lowest BCUT2D eigenvalue weighted by Gasteiger charge is -2.22. The molecule has 0 amide bonds. The number of carboxylic acid groups (broad SMARTS) is 1. The highest BCUT2D eigenvalue weighted by atomic mass is 16.4. The first-order chi connectivity index (χ1) is 8.69. The average molecular weight is 247 g/mol. The molecule has 2 N–H and O–H groups in total. The van der Waals surface area contributed by atoms with Gasteiger partial charge in [-0.3, -0.25) is 4.79 Å². The lowest BCUT2D eigenvalue weighted by molar-refractivity contribution is -0.136. The summed E-state index contributed by atoms with van der Waals surface area (Å²) < 4.78 is 0. The highest BCUT2D eigenvalue weighted by molar-refractivity contribution is 5.85. The number of carboxylic acids is 1. The van der Waals surface area contributed by atoms with Crippen LogP contribution in [0.1, 0.15) is 42.7 Å². The van der Waals surface area contributed by atoms with Crippen LogP contribution < -0.4 is 0 Å². The van der Waals surface area contributed by atoms with Gasteiger partial charge in [0.2, 0.25) is 0 Å². The molecule has 0 spiro atoms. The Balaban J connectivity index is 2.07. The zero-order chi connectivity index (χ0) is 13.0. The second kappa shape index (κ2) is 5.67. The summed E-state index contributed by atoms with van der Waals surface area (Å²) in [4.78, 5) is 10.6. The lowest BCUT2D eigenvalue weighted by atomic mass is 9.83. The maximum atomic E-state index is 10.6. The third-order valence-electron chi connectivity index (χ3n) is 3.45. The normalized spacial score (nSPS) is 22.0. The molecule has 0 saturated heterocycles. The molecular weight excluding hydrogens is 230 g/mol. The van der Waals surface area contributed by atoms with Crippen LogP contribution >= 0.6 is 0 Å². The zero-order valence-corrected chi connectivity index (χ0v) is 10.2. The molecule has 0 aromatic heterocycles. The summed E-state index contributed by atoms with van der Waals surface area (Å²) in [5, 5.41) is 20.8. The number of hydrogen-bond donors (Lipinski definition) is 2. The van der Waals surface area contributed by atoms with Gasteiger partial charge in [-0.05, 0) is 42.7 Å². The number of nitrogens with zero attached hydrogens (tertiary/aromatic N) is 1. The van der Waals surface area contributed by atoms with E-state index in [1.54, 1.807) is 0 Å². The molecular formula is C14H17NO3. The molecule has 1 aliphatic rings. The maximum Gasteiger partial charge on any atom is 0.307 e. The van der Waals surface area contributed by atoms with E-state index in [2.05, 4.69) is 5.16 Å². The number of rotatable bonds is 3. The first-order valence-corrected chi connectivity index (χ1v) is 6.19. The molecule has 0 radical (unpaired) electrons. The molecule has 2 rings (SSSR count). The Kier molecular flexibility index (Phi) is 3.97. The monoisotopic (exact) mass is 247 g/mol. The molecule has 4 nitrogen and oxygen atoms in total. The van der Waals surface area contributed by atoms with Crippen molar-refractivity contribution < 1.29 is 15.1 Å². The molecule has 1 unspecified atom stereocenters. The van der Waals surface area contributed by atoms with Crippen molar-refractivity contribution in [3.63, 3.8) is 0 Å². The molecule has 0 aliphatic heterocycles. The van der Waals surface area contributed by atoms with Gasteiger partial charge in [0.25, 0.3) is 0 Å². The van der Waals surface area contributed by atoms with Crippen molar-refractivity contribution in [1.82, 2.24) is 0 Å². The molecule has 4 heteroatoms. The minimum atomic E-state index is -0.810. The Morgan fingerprint density at radius 3 is 2.67 bits per heavy atom. The molecule has 1 aromatic carbocycles. The van der Waals surface area contributed by atoms with Gasteiger partial charge in [-0.1, -0.05) is 29.4 Å².